The summed E-state index contributed by atoms with van der Waals surface area (Å²) in [6.45, 7) is 5.63. The lowest BCUT2D eigenvalue weighted by molar-refractivity contribution is -0.132. The Bertz CT molecular complexity index is 461. The van der Waals surface area contributed by atoms with E-state index < -0.39 is 5.97 Å². The molecule has 0 atom stereocenters. The van der Waals surface area contributed by atoms with E-state index in [0.29, 0.717) is 18.3 Å². The maximum Gasteiger partial charge on any atom is 0.329 e. The zero-order valence-electron chi connectivity index (χ0n) is 14.2. The van der Waals surface area contributed by atoms with Gasteiger partial charge >= 0.3 is 5.97 Å². The fourth-order valence-electron chi connectivity index (χ4n) is 2.35. The van der Waals surface area contributed by atoms with Crippen LogP contribution in [0, 0.1) is 0 Å². The van der Waals surface area contributed by atoms with E-state index in [4.69, 9.17) is 5.11 Å². The molecule has 0 spiro atoms. The summed E-state index contributed by atoms with van der Waals surface area (Å²) < 4.78 is 0. The molecule has 0 aromatic rings. The van der Waals surface area contributed by atoms with Gasteiger partial charge in [0, 0.05) is 19.2 Å². The van der Waals surface area contributed by atoms with Crippen LogP contribution in [0.4, 0.5) is 0 Å². The lowest BCUT2D eigenvalue weighted by atomic mass is 10.2. The number of rotatable bonds is 11. The minimum Gasteiger partial charge on any atom is -0.478 e. The second-order valence-corrected chi connectivity index (χ2v) is 6.70. The topological polar surface area (TPSA) is 70.0 Å². The van der Waals surface area contributed by atoms with Crippen LogP contribution in [0.15, 0.2) is 16.0 Å². The summed E-state index contributed by atoms with van der Waals surface area (Å²) in [6, 6.07) is 0. The highest BCUT2D eigenvalue weighted by molar-refractivity contribution is 8.18. The van der Waals surface area contributed by atoms with Crippen molar-refractivity contribution in [2.45, 2.75) is 65.2 Å². The minimum atomic E-state index is -1.09. The van der Waals surface area contributed by atoms with Gasteiger partial charge in [0.15, 0.2) is 5.17 Å². The summed E-state index contributed by atoms with van der Waals surface area (Å²) in [6.07, 6.45) is 9.81. The molecule has 1 fully saturated rings. The summed E-state index contributed by atoms with van der Waals surface area (Å²) >= 11 is 1.19. The number of carbonyl (C=O) groups excluding carboxylic acids is 1. The summed E-state index contributed by atoms with van der Waals surface area (Å²) in [4.78, 5) is 29.6. The normalized spacial score (nSPS) is 18.3. The van der Waals surface area contributed by atoms with Crippen LogP contribution in [0.5, 0.6) is 0 Å². The van der Waals surface area contributed by atoms with Gasteiger partial charge in [-0.25, -0.2) is 4.79 Å². The number of amides is 1. The zero-order valence-corrected chi connectivity index (χ0v) is 15.0. The smallest absolute Gasteiger partial charge is 0.329 e. The number of carbonyl (C=O) groups is 2. The standard InChI is InChI=1S/C17H28N2O3S/c1-3-5-7-9-11-18-17-19(12-10-8-6-4-2)16(22)14(23-17)13-15(20)21/h13H,3-12H2,1-2H3,(H,20,21)/b14-13-,18-17+. The molecule has 1 N–H and O–H groups in total. The van der Waals surface area contributed by atoms with Crippen molar-refractivity contribution in [2.24, 2.45) is 4.99 Å². The van der Waals surface area contributed by atoms with Gasteiger partial charge in [0.2, 0.25) is 0 Å². The van der Waals surface area contributed by atoms with Crippen molar-refractivity contribution in [1.82, 2.24) is 4.90 Å². The molecule has 0 unspecified atom stereocenters. The lowest BCUT2D eigenvalue weighted by Gasteiger charge is -2.15. The number of hydrogen-bond donors (Lipinski definition) is 1. The van der Waals surface area contributed by atoms with E-state index in [1.165, 1.54) is 24.6 Å². The average molecular weight is 340 g/mol. The van der Waals surface area contributed by atoms with Crippen LogP contribution in [-0.4, -0.2) is 40.1 Å². The van der Waals surface area contributed by atoms with Gasteiger partial charge in [0.1, 0.15) is 0 Å². The first kappa shape index (κ1) is 19.7. The number of carboxylic acids is 1. The molecule has 0 radical (unpaired) electrons. The number of aliphatic carboxylic acids is 1. The van der Waals surface area contributed by atoms with Crippen LogP contribution in [0.1, 0.15) is 65.2 Å². The Morgan fingerprint density at radius 1 is 1.13 bits per heavy atom. The SMILES string of the molecule is CCCCCC/N=C1/S/C(=C\C(=O)O)C(=O)N1CCCCCC. The number of hydrogen-bond acceptors (Lipinski definition) is 4. The quantitative estimate of drug-likeness (QED) is 0.455. The lowest BCUT2D eigenvalue weighted by Crippen LogP contribution is -2.30. The van der Waals surface area contributed by atoms with Crippen molar-refractivity contribution in [1.29, 1.82) is 0 Å². The Labute approximate surface area is 143 Å². The minimum absolute atomic E-state index is 0.221. The molecule has 0 aromatic carbocycles. The number of amidine groups is 1. The van der Waals surface area contributed by atoms with Crippen molar-refractivity contribution >= 4 is 28.8 Å². The van der Waals surface area contributed by atoms with E-state index in [2.05, 4.69) is 18.8 Å². The molecule has 23 heavy (non-hydrogen) atoms. The van der Waals surface area contributed by atoms with Gasteiger partial charge in [-0.2, -0.15) is 0 Å². The Kier molecular flexibility index (Phi) is 9.67. The van der Waals surface area contributed by atoms with Crippen LogP contribution in [-0.2, 0) is 9.59 Å². The van der Waals surface area contributed by atoms with E-state index in [9.17, 15) is 9.59 Å². The van der Waals surface area contributed by atoms with Gasteiger partial charge in [-0.15, -0.1) is 0 Å². The molecular weight excluding hydrogens is 312 g/mol. The number of thioether (sulfide) groups is 1. The Morgan fingerprint density at radius 3 is 2.39 bits per heavy atom. The predicted octanol–water partition coefficient (Wildman–Crippen LogP) is 4.05. The average Bonchev–Trinajstić information content (AvgIpc) is 2.79. The molecule has 1 heterocycles. The van der Waals surface area contributed by atoms with E-state index in [1.54, 1.807) is 4.90 Å². The number of unbranched alkanes of at least 4 members (excludes halogenated alkanes) is 6. The third-order valence-electron chi connectivity index (χ3n) is 3.64. The maximum atomic E-state index is 12.3. The van der Waals surface area contributed by atoms with Gasteiger partial charge in [-0.1, -0.05) is 52.4 Å². The van der Waals surface area contributed by atoms with Gasteiger partial charge < -0.3 is 5.11 Å². The van der Waals surface area contributed by atoms with E-state index >= 15 is 0 Å². The molecule has 1 rings (SSSR count). The number of aliphatic imine (C=N–C) groups is 1. The van der Waals surface area contributed by atoms with Gasteiger partial charge in [-0.3, -0.25) is 14.7 Å². The van der Waals surface area contributed by atoms with E-state index in [1.807, 2.05) is 0 Å². The molecule has 130 valence electrons. The third-order valence-corrected chi connectivity index (χ3v) is 4.68. The van der Waals surface area contributed by atoms with Crippen LogP contribution in [0.2, 0.25) is 0 Å². The van der Waals surface area contributed by atoms with Crippen LogP contribution in [0.3, 0.4) is 0 Å². The first-order chi connectivity index (χ1) is 11.1. The van der Waals surface area contributed by atoms with E-state index in [0.717, 1.165) is 44.6 Å². The fraction of sp³-hybridized carbons (Fsp3) is 0.706. The van der Waals surface area contributed by atoms with Crippen LogP contribution >= 0.6 is 11.8 Å². The van der Waals surface area contributed by atoms with Crippen molar-refractivity contribution in [3.05, 3.63) is 11.0 Å². The first-order valence-corrected chi connectivity index (χ1v) is 9.40. The number of carboxylic acid groups (broad SMARTS) is 1. The summed E-state index contributed by atoms with van der Waals surface area (Å²) in [5.41, 5.74) is 0. The van der Waals surface area contributed by atoms with Crippen molar-refractivity contribution in [2.75, 3.05) is 13.1 Å². The summed E-state index contributed by atoms with van der Waals surface area (Å²) in [7, 11) is 0. The molecular formula is C17H28N2O3S. The highest BCUT2D eigenvalue weighted by Gasteiger charge is 2.33. The summed E-state index contributed by atoms with van der Waals surface area (Å²) in [5.74, 6) is -1.31. The molecule has 0 saturated carbocycles. The van der Waals surface area contributed by atoms with E-state index in [-0.39, 0.29) is 10.8 Å². The fourth-order valence-corrected chi connectivity index (χ4v) is 3.34. The van der Waals surface area contributed by atoms with Crippen molar-refractivity contribution in [3.8, 4) is 0 Å². The molecule has 1 saturated heterocycles. The molecule has 1 aliphatic heterocycles. The molecule has 5 nitrogen and oxygen atoms in total. The molecule has 0 aliphatic carbocycles. The molecule has 1 aliphatic rings. The molecule has 0 bridgehead atoms. The van der Waals surface area contributed by atoms with Gasteiger partial charge in [0.05, 0.1) is 4.91 Å². The molecule has 6 heteroatoms. The zero-order chi connectivity index (χ0) is 17.1. The molecule has 1 amide bonds. The Balaban J connectivity index is 2.67. The first-order valence-electron chi connectivity index (χ1n) is 8.58. The van der Waals surface area contributed by atoms with Crippen molar-refractivity contribution < 1.29 is 14.7 Å². The maximum absolute atomic E-state index is 12.3. The number of nitrogens with zero attached hydrogens (tertiary/aromatic N) is 2. The third kappa shape index (κ3) is 7.20. The second kappa shape index (κ2) is 11.3. The van der Waals surface area contributed by atoms with Crippen molar-refractivity contribution in [3.63, 3.8) is 0 Å². The highest BCUT2D eigenvalue weighted by atomic mass is 32.2. The highest BCUT2D eigenvalue weighted by Crippen LogP contribution is 2.31. The van der Waals surface area contributed by atoms with Crippen LogP contribution < -0.4 is 0 Å². The van der Waals surface area contributed by atoms with Crippen LogP contribution in [0.25, 0.3) is 0 Å². The predicted molar refractivity (Wildman–Crippen MR) is 95.6 cm³/mol. The Morgan fingerprint density at radius 2 is 1.78 bits per heavy atom. The second-order valence-electron chi connectivity index (χ2n) is 5.69. The van der Waals surface area contributed by atoms with Gasteiger partial charge in [0.25, 0.3) is 5.91 Å². The largest absolute Gasteiger partial charge is 0.478 e. The Hall–Kier alpha value is -1.30. The van der Waals surface area contributed by atoms with Gasteiger partial charge in [-0.05, 0) is 24.6 Å². The summed E-state index contributed by atoms with van der Waals surface area (Å²) in [5, 5.41) is 9.55. The molecule has 0 aromatic heterocycles. The monoisotopic (exact) mass is 340 g/mol.